The number of allylic oxidation sites excluding steroid dienone is 1. The lowest BCUT2D eigenvalue weighted by atomic mass is 9.98. The van der Waals surface area contributed by atoms with Crippen LogP contribution < -0.4 is 15.4 Å². The van der Waals surface area contributed by atoms with Gasteiger partial charge >= 0.3 is 6.03 Å². The number of amides is 4. The van der Waals surface area contributed by atoms with Crippen LogP contribution in [0.1, 0.15) is 33.6 Å². The average Bonchev–Trinajstić information content (AvgIpc) is 3.46. The molecular formula is C31H25N5O5. The number of urea groups is 1. The molecule has 0 bridgehead atoms. The van der Waals surface area contributed by atoms with Crippen molar-refractivity contribution in [1.29, 1.82) is 0 Å². The summed E-state index contributed by atoms with van der Waals surface area (Å²) in [4.78, 5) is 48.6. The smallest absolute Gasteiger partial charge is 0.323 e. The molecule has 10 heteroatoms. The third-order valence-electron chi connectivity index (χ3n) is 7.17. The van der Waals surface area contributed by atoms with Crippen LogP contribution in [0.3, 0.4) is 0 Å². The number of methoxy groups -OCH3 is 1. The van der Waals surface area contributed by atoms with Gasteiger partial charge in [0.2, 0.25) is 5.54 Å². The number of carbonyl (C=O) groups excluding carboxylic acids is 3. The van der Waals surface area contributed by atoms with E-state index in [2.05, 4.69) is 38.5 Å². The Kier molecular flexibility index (Phi) is 6.47. The molecular weight excluding hydrogens is 522 g/mol. The number of nitrogens with zero attached hydrogens (tertiary/aromatic N) is 3. The number of pyridine rings is 1. The van der Waals surface area contributed by atoms with Crippen molar-refractivity contribution in [2.75, 3.05) is 20.2 Å². The number of carbonyl (C=O) groups is 3. The maximum absolute atomic E-state index is 13.1. The Morgan fingerprint density at radius 3 is 2.63 bits per heavy atom. The quantitative estimate of drug-likeness (QED) is 0.332. The number of hydrogen-bond acceptors (Lipinski definition) is 7. The van der Waals surface area contributed by atoms with Crippen LogP contribution in [0.2, 0.25) is 0 Å². The van der Waals surface area contributed by atoms with E-state index in [0.717, 1.165) is 24.1 Å². The largest absolute Gasteiger partial charge is 0.506 e. The maximum atomic E-state index is 13.1. The van der Waals surface area contributed by atoms with Crippen LogP contribution in [0.5, 0.6) is 11.5 Å². The van der Waals surface area contributed by atoms with E-state index in [4.69, 9.17) is 4.74 Å². The van der Waals surface area contributed by atoms with E-state index in [0.29, 0.717) is 33.8 Å². The number of aliphatic imine (C=N–C) groups is 1. The number of hydrogen-bond donors (Lipinski definition) is 3. The summed E-state index contributed by atoms with van der Waals surface area (Å²) >= 11 is 0. The fraction of sp³-hybridized carbons (Fsp3) is 0.194. The first-order valence-electron chi connectivity index (χ1n) is 13.0. The Hall–Kier alpha value is -5.43. The lowest BCUT2D eigenvalue weighted by molar-refractivity contribution is -0.122. The van der Waals surface area contributed by atoms with Gasteiger partial charge in [0.15, 0.2) is 0 Å². The molecule has 10 nitrogen and oxygen atoms in total. The molecule has 3 N–H and O–H groups in total. The summed E-state index contributed by atoms with van der Waals surface area (Å²) in [5, 5.41) is 15.3. The summed E-state index contributed by atoms with van der Waals surface area (Å²) in [5.41, 5.74) is 2.95. The molecule has 6 rings (SSSR count). The van der Waals surface area contributed by atoms with Crippen LogP contribution >= 0.6 is 0 Å². The fourth-order valence-corrected chi connectivity index (χ4v) is 5.01. The second kappa shape index (κ2) is 10.3. The zero-order valence-corrected chi connectivity index (χ0v) is 22.1. The van der Waals surface area contributed by atoms with Gasteiger partial charge in [-0.15, -0.1) is 0 Å². The lowest BCUT2D eigenvalue weighted by Crippen LogP contribution is -2.54. The van der Waals surface area contributed by atoms with Crippen LogP contribution in [0.15, 0.2) is 65.7 Å². The number of nitrogens with one attached hydrogen (secondary N) is 2. The van der Waals surface area contributed by atoms with Crippen molar-refractivity contribution in [1.82, 2.24) is 20.5 Å². The summed E-state index contributed by atoms with van der Waals surface area (Å²) in [6, 6.07) is 14.9. The Balaban J connectivity index is 1.26. The Morgan fingerprint density at radius 1 is 1.10 bits per heavy atom. The second-order valence-corrected chi connectivity index (χ2v) is 9.87. The molecule has 3 aliphatic heterocycles. The van der Waals surface area contributed by atoms with Gasteiger partial charge in [0, 0.05) is 41.6 Å². The van der Waals surface area contributed by atoms with Crippen molar-refractivity contribution < 1.29 is 24.2 Å². The summed E-state index contributed by atoms with van der Waals surface area (Å²) in [6.45, 7) is 0.897. The molecule has 0 spiro atoms. The summed E-state index contributed by atoms with van der Waals surface area (Å²) in [5.74, 6) is 5.58. The van der Waals surface area contributed by atoms with E-state index in [1.165, 1.54) is 12.0 Å². The fourth-order valence-electron chi connectivity index (χ4n) is 5.01. The standard InChI is InChI=1S/C31H25N5O5/c1-41-23-9-8-22-17-36(28(38)24(22)15-23)18-31(29(39)34-30(40)35-31)13-12-19-4-6-20(7-5-19)27-26(37)11-10-25(33-27)21-3-2-14-32-16-21/h3-11,15-16,37H,2,14,17-18H2,1H3,(H2,34,35,39,40). The first-order chi connectivity index (χ1) is 19.8. The van der Waals surface area contributed by atoms with Crippen LogP contribution in [0.25, 0.3) is 16.8 Å². The zero-order chi connectivity index (χ0) is 28.6. The van der Waals surface area contributed by atoms with Crippen molar-refractivity contribution >= 4 is 29.6 Å². The van der Waals surface area contributed by atoms with Gasteiger partial charge in [-0.05, 0) is 48.4 Å². The highest BCUT2D eigenvalue weighted by Gasteiger charge is 2.48. The van der Waals surface area contributed by atoms with Gasteiger partial charge in [-0.25, -0.2) is 9.78 Å². The van der Waals surface area contributed by atoms with Gasteiger partial charge in [0.1, 0.15) is 17.2 Å². The van der Waals surface area contributed by atoms with Gasteiger partial charge in [-0.3, -0.25) is 19.9 Å². The Morgan fingerprint density at radius 2 is 1.93 bits per heavy atom. The molecule has 4 heterocycles. The Bertz CT molecular complexity index is 1720. The predicted molar refractivity (Wildman–Crippen MR) is 151 cm³/mol. The minimum Gasteiger partial charge on any atom is -0.506 e. The van der Waals surface area contributed by atoms with Crippen molar-refractivity contribution in [2.45, 2.75) is 18.5 Å². The normalized spacial score (nSPS) is 19.2. The van der Waals surface area contributed by atoms with Crippen molar-refractivity contribution in [3.63, 3.8) is 0 Å². The molecule has 1 fully saturated rings. The number of rotatable bonds is 5. The van der Waals surface area contributed by atoms with E-state index in [1.54, 1.807) is 60.8 Å². The number of imide groups is 1. The minimum atomic E-state index is -1.62. The highest BCUT2D eigenvalue weighted by molar-refractivity contribution is 6.10. The molecule has 0 aliphatic carbocycles. The van der Waals surface area contributed by atoms with Gasteiger partial charge in [0.05, 0.1) is 19.3 Å². The van der Waals surface area contributed by atoms with Crippen molar-refractivity contribution in [3.05, 3.63) is 83.1 Å². The monoisotopic (exact) mass is 547 g/mol. The van der Waals surface area contributed by atoms with Crippen molar-refractivity contribution in [2.24, 2.45) is 4.99 Å². The topological polar surface area (TPSA) is 133 Å². The van der Waals surface area contributed by atoms with Gasteiger partial charge in [-0.1, -0.05) is 36.1 Å². The van der Waals surface area contributed by atoms with Crippen LogP contribution in [-0.4, -0.2) is 64.8 Å². The van der Waals surface area contributed by atoms with Crippen LogP contribution in [0, 0.1) is 11.8 Å². The molecule has 1 aromatic heterocycles. The number of ether oxygens (including phenoxy) is 1. The minimum absolute atomic E-state index is 0.0409. The number of aromatic nitrogens is 1. The summed E-state index contributed by atoms with van der Waals surface area (Å²) in [6.07, 6.45) is 4.68. The molecule has 3 aromatic rings. The lowest BCUT2D eigenvalue weighted by Gasteiger charge is -2.26. The summed E-state index contributed by atoms with van der Waals surface area (Å²) < 4.78 is 5.23. The van der Waals surface area contributed by atoms with Crippen molar-refractivity contribution in [3.8, 4) is 34.6 Å². The molecule has 204 valence electrons. The highest BCUT2D eigenvalue weighted by atomic mass is 16.5. The SMILES string of the molecule is COc1ccc2c(c1)C(=O)N(CC1(C#Cc3ccc(-c4nc(C5=CCCN=C5)ccc4O)cc3)NC(=O)NC1=O)C2. The molecule has 1 saturated heterocycles. The zero-order valence-electron chi connectivity index (χ0n) is 22.1. The average molecular weight is 548 g/mol. The molecule has 41 heavy (non-hydrogen) atoms. The van der Waals surface area contributed by atoms with Gasteiger partial charge < -0.3 is 20.1 Å². The van der Waals surface area contributed by atoms with Gasteiger partial charge in [-0.2, -0.15) is 0 Å². The summed E-state index contributed by atoms with van der Waals surface area (Å²) in [7, 11) is 1.52. The predicted octanol–water partition coefficient (Wildman–Crippen LogP) is 2.91. The van der Waals surface area contributed by atoms with Crippen LogP contribution in [-0.2, 0) is 11.3 Å². The Labute approximate surface area is 235 Å². The third kappa shape index (κ3) is 4.89. The van der Waals surface area contributed by atoms with E-state index in [-0.39, 0.29) is 24.7 Å². The molecule has 2 aromatic carbocycles. The number of dihydropyridines is 1. The second-order valence-electron chi connectivity index (χ2n) is 9.87. The highest BCUT2D eigenvalue weighted by Crippen LogP contribution is 2.30. The molecule has 0 radical (unpaired) electrons. The number of fused-ring (bicyclic) bond motifs is 1. The van der Waals surface area contributed by atoms with E-state index < -0.39 is 17.5 Å². The molecule has 1 atom stereocenters. The maximum Gasteiger partial charge on any atom is 0.323 e. The molecule has 3 aliphatic rings. The van der Waals surface area contributed by atoms with Crippen LogP contribution in [0.4, 0.5) is 4.79 Å². The van der Waals surface area contributed by atoms with E-state index in [1.807, 2.05) is 0 Å². The first-order valence-corrected chi connectivity index (χ1v) is 13.0. The first kappa shape index (κ1) is 25.8. The molecule has 0 saturated carbocycles. The number of aromatic hydroxyl groups is 1. The molecule has 1 unspecified atom stereocenters. The third-order valence-corrected chi connectivity index (χ3v) is 7.17. The van der Waals surface area contributed by atoms with E-state index >= 15 is 0 Å². The van der Waals surface area contributed by atoms with Gasteiger partial charge in [0.25, 0.3) is 11.8 Å². The molecule has 4 amide bonds. The van der Waals surface area contributed by atoms with E-state index in [9.17, 15) is 19.5 Å². The number of benzene rings is 2.